The molecule has 2 aromatic rings. The van der Waals surface area contributed by atoms with E-state index in [-0.39, 0.29) is 11.3 Å². The van der Waals surface area contributed by atoms with E-state index in [0.29, 0.717) is 24.5 Å². The zero-order valence-corrected chi connectivity index (χ0v) is 19.0. The molecular formula is C25H32F3N3O2. The third kappa shape index (κ3) is 7.39. The van der Waals surface area contributed by atoms with Gasteiger partial charge in [-0.25, -0.2) is 0 Å². The van der Waals surface area contributed by atoms with Crippen molar-refractivity contribution in [2.75, 3.05) is 43.5 Å². The first kappa shape index (κ1) is 24.9. The van der Waals surface area contributed by atoms with Gasteiger partial charge in [0.05, 0.1) is 12.7 Å². The largest absolute Gasteiger partial charge is 0.497 e. The summed E-state index contributed by atoms with van der Waals surface area (Å²) in [6, 6.07) is 10.4. The van der Waals surface area contributed by atoms with Gasteiger partial charge in [-0.2, -0.15) is 13.2 Å². The number of rotatable bonds is 4. The molecule has 2 aromatic carbocycles. The van der Waals surface area contributed by atoms with Crippen LogP contribution in [0.25, 0.3) is 0 Å². The molecular weight excluding hydrogens is 431 g/mol. The van der Waals surface area contributed by atoms with Gasteiger partial charge in [-0.3, -0.25) is 4.79 Å². The third-order valence-corrected chi connectivity index (χ3v) is 5.80. The lowest BCUT2D eigenvalue weighted by atomic mass is 10.0. The maximum absolute atomic E-state index is 13.6. The van der Waals surface area contributed by atoms with Gasteiger partial charge in [0.2, 0.25) is 0 Å². The molecule has 0 saturated carbocycles. The van der Waals surface area contributed by atoms with Gasteiger partial charge in [0.15, 0.2) is 0 Å². The van der Waals surface area contributed by atoms with Crippen LogP contribution in [0, 0.1) is 0 Å². The number of carbonyl (C=O) groups excluding carboxylic acids is 1. The van der Waals surface area contributed by atoms with E-state index < -0.39 is 17.6 Å². The Kier molecular flexibility index (Phi) is 9.00. The molecule has 0 spiro atoms. The van der Waals surface area contributed by atoms with Crippen LogP contribution in [0.5, 0.6) is 5.75 Å². The van der Waals surface area contributed by atoms with Gasteiger partial charge in [-0.1, -0.05) is 12.5 Å². The SMILES string of the molecule is C1CCNCC1.COc1cccc(NC(=O)c2ccc(N3CCCCC3)c(C(F)(F)F)c2)c1. The first-order chi connectivity index (χ1) is 15.9. The molecule has 2 N–H and O–H groups in total. The normalized spacial score (nSPS) is 16.4. The number of alkyl halides is 3. The quantitative estimate of drug-likeness (QED) is 0.609. The van der Waals surface area contributed by atoms with Gasteiger partial charge < -0.3 is 20.3 Å². The Bertz CT molecular complexity index is 897. The second kappa shape index (κ2) is 11.9. The molecule has 2 heterocycles. The second-order valence-electron chi connectivity index (χ2n) is 8.27. The predicted molar refractivity (Wildman–Crippen MR) is 125 cm³/mol. The Hall–Kier alpha value is -2.74. The van der Waals surface area contributed by atoms with Crippen molar-refractivity contribution < 1.29 is 22.7 Å². The average Bonchev–Trinajstić information content (AvgIpc) is 2.85. The predicted octanol–water partition coefficient (Wildman–Crippen LogP) is 5.72. The first-order valence-electron chi connectivity index (χ1n) is 11.5. The van der Waals surface area contributed by atoms with Crippen molar-refractivity contribution >= 4 is 17.3 Å². The van der Waals surface area contributed by atoms with E-state index in [1.807, 2.05) is 0 Å². The van der Waals surface area contributed by atoms with E-state index in [9.17, 15) is 18.0 Å². The number of nitrogens with zero attached hydrogens (tertiary/aromatic N) is 1. The van der Waals surface area contributed by atoms with Crippen LogP contribution in [0.1, 0.15) is 54.4 Å². The van der Waals surface area contributed by atoms with Crippen LogP contribution in [-0.4, -0.2) is 39.2 Å². The highest BCUT2D eigenvalue weighted by molar-refractivity contribution is 6.04. The Morgan fingerprint density at radius 3 is 2.24 bits per heavy atom. The van der Waals surface area contributed by atoms with Crippen LogP contribution in [0.15, 0.2) is 42.5 Å². The molecule has 5 nitrogen and oxygen atoms in total. The van der Waals surface area contributed by atoms with E-state index in [1.54, 1.807) is 29.2 Å². The molecule has 0 aliphatic carbocycles. The zero-order valence-electron chi connectivity index (χ0n) is 19.0. The van der Waals surface area contributed by atoms with Crippen molar-refractivity contribution in [2.45, 2.75) is 44.7 Å². The molecule has 2 aliphatic heterocycles. The molecule has 0 unspecified atom stereocenters. The lowest BCUT2D eigenvalue weighted by Crippen LogP contribution is -2.31. The van der Waals surface area contributed by atoms with Crippen LogP contribution >= 0.6 is 0 Å². The number of anilines is 2. The van der Waals surface area contributed by atoms with E-state index in [1.165, 1.54) is 51.6 Å². The number of halogens is 3. The number of hydrogen-bond acceptors (Lipinski definition) is 4. The lowest BCUT2D eigenvalue weighted by molar-refractivity contribution is -0.137. The van der Waals surface area contributed by atoms with Crippen molar-refractivity contribution in [3.8, 4) is 5.75 Å². The number of ether oxygens (including phenoxy) is 1. The zero-order chi connectivity index (χ0) is 23.7. The molecule has 0 aromatic heterocycles. The van der Waals surface area contributed by atoms with Crippen LogP contribution in [0.3, 0.4) is 0 Å². The van der Waals surface area contributed by atoms with Gasteiger partial charge in [0, 0.05) is 36.1 Å². The molecule has 33 heavy (non-hydrogen) atoms. The Labute approximate surface area is 193 Å². The van der Waals surface area contributed by atoms with Gasteiger partial charge in [0.25, 0.3) is 5.91 Å². The highest BCUT2D eigenvalue weighted by Gasteiger charge is 2.36. The van der Waals surface area contributed by atoms with Gasteiger partial charge in [-0.05, 0) is 75.5 Å². The summed E-state index contributed by atoms with van der Waals surface area (Å²) >= 11 is 0. The van der Waals surface area contributed by atoms with E-state index in [0.717, 1.165) is 25.3 Å². The summed E-state index contributed by atoms with van der Waals surface area (Å²) in [5.74, 6) is -0.0526. The topological polar surface area (TPSA) is 53.6 Å². The summed E-state index contributed by atoms with van der Waals surface area (Å²) in [5, 5.41) is 5.90. The second-order valence-corrected chi connectivity index (χ2v) is 8.27. The molecule has 2 aliphatic rings. The molecule has 4 rings (SSSR count). The van der Waals surface area contributed by atoms with Crippen molar-refractivity contribution in [3.05, 3.63) is 53.6 Å². The summed E-state index contributed by atoms with van der Waals surface area (Å²) in [6.45, 7) is 3.69. The summed E-state index contributed by atoms with van der Waals surface area (Å²) in [6.07, 6.45) is 2.45. The number of benzene rings is 2. The van der Waals surface area contributed by atoms with Crippen molar-refractivity contribution in [2.24, 2.45) is 0 Å². The van der Waals surface area contributed by atoms with Gasteiger partial charge >= 0.3 is 6.18 Å². The van der Waals surface area contributed by atoms with E-state index in [2.05, 4.69) is 10.6 Å². The Morgan fingerprint density at radius 1 is 0.970 bits per heavy atom. The number of piperidine rings is 2. The fourth-order valence-electron chi connectivity index (χ4n) is 4.02. The summed E-state index contributed by atoms with van der Waals surface area (Å²) in [5.41, 5.74) is -0.221. The minimum absolute atomic E-state index is 0.0362. The number of carbonyl (C=O) groups is 1. The number of nitrogens with one attached hydrogen (secondary N) is 2. The molecule has 0 atom stereocenters. The van der Waals surface area contributed by atoms with Crippen LogP contribution in [0.2, 0.25) is 0 Å². The number of amides is 1. The fraction of sp³-hybridized carbons (Fsp3) is 0.480. The Morgan fingerprint density at radius 2 is 1.67 bits per heavy atom. The summed E-state index contributed by atoms with van der Waals surface area (Å²) < 4.78 is 45.9. The van der Waals surface area contributed by atoms with Gasteiger partial charge in [-0.15, -0.1) is 0 Å². The van der Waals surface area contributed by atoms with E-state index in [4.69, 9.17) is 4.74 Å². The van der Waals surface area contributed by atoms with Crippen molar-refractivity contribution in [1.82, 2.24) is 5.32 Å². The highest BCUT2D eigenvalue weighted by Crippen LogP contribution is 2.38. The Balaban J connectivity index is 0.000000442. The highest BCUT2D eigenvalue weighted by atomic mass is 19.4. The standard InChI is InChI=1S/C20H21F3N2O2.C5H11N/c1-27-16-7-5-6-15(13-16)24-19(26)14-8-9-18(17(12-14)20(21,22)23)25-10-3-2-4-11-25;1-2-4-6-5-3-1/h5-9,12-13H,2-4,10-11H2,1H3,(H,24,26);6H,1-5H2. The molecule has 0 radical (unpaired) electrons. The third-order valence-electron chi connectivity index (χ3n) is 5.80. The molecule has 2 fully saturated rings. The van der Waals surface area contributed by atoms with Crippen LogP contribution in [-0.2, 0) is 6.18 Å². The van der Waals surface area contributed by atoms with Crippen LogP contribution in [0.4, 0.5) is 24.5 Å². The summed E-state index contributed by atoms with van der Waals surface area (Å²) in [7, 11) is 1.50. The summed E-state index contributed by atoms with van der Waals surface area (Å²) in [4.78, 5) is 14.2. The maximum atomic E-state index is 13.6. The molecule has 180 valence electrons. The fourth-order valence-corrected chi connectivity index (χ4v) is 4.02. The molecule has 8 heteroatoms. The minimum Gasteiger partial charge on any atom is -0.497 e. The smallest absolute Gasteiger partial charge is 0.418 e. The first-order valence-corrected chi connectivity index (χ1v) is 11.5. The molecule has 1 amide bonds. The number of methoxy groups -OCH3 is 1. The minimum atomic E-state index is -4.53. The number of hydrogen-bond donors (Lipinski definition) is 2. The maximum Gasteiger partial charge on any atom is 0.418 e. The van der Waals surface area contributed by atoms with Crippen LogP contribution < -0.4 is 20.3 Å². The van der Waals surface area contributed by atoms with Crippen molar-refractivity contribution in [3.63, 3.8) is 0 Å². The lowest BCUT2D eigenvalue weighted by Gasteiger charge is -2.31. The molecule has 2 saturated heterocycles. The molecule has 0 bridgehead atoms. The van der Waals surface area contributed by atoms with Crippen molar-refractivity contribution in [1.29, 1.82) is 0 Å². The van der Waals surface area contributed by atoms with Gasteiger partial charge in [0.1, 0.15) is 5.75 Å². The monoisotopic (exact) mass is 463 g/mol. The average molecular weight is 464 g/mol. The van der Waals surface area contributed by atoms with E-state index >= 15 is 0 Å².